The number of methoxy groups -OCH3 is 1. The van der Waals surface area contributed by atoms with Crippen LogP contribution in [-0.2, 0) is 9.59 Å². The number of ether oxygens (including phenoxy) is 3. The Morgan fingerprint density at radius 3 is 2.77 bits per heavy atom. The Morgan fingerprint density at radius 1 is 1.23 bits per heavy atom. The largest absolute Gasteiger partial charge is 0.497 e. The lowest BCUT2D eigenvalue weighted by molar-refractivity contribution is -0.123. The van der Waals surface area contributed by atoms with Crippen LogP contribution in [-0.4, -0.2) is 35.5 Å². The fourth-order valence-corrected chi connectivity index (χ4v) is 3.85. The lowest BCUT2D eigenvalue weighted by Crippen LogP contribution is -2.23. The number of benzene rings is 2. The molecular formula is C22H20N4O5. The van der Waals surface area contributed by atoms with Crippen LogP contribution in [0.3, 0.4) is 0 Å². The SMILES string of the molecule is COc1ccc(-c2c(C)nn3c2NC(=O)C3CC(=O)Nc2ccc3c(c2)OCO3)cc1. The Hall–Kier alpha value is -4.01. The second-order valence-electron chi connectivity index (χ2n) is 7.31. The number of fused-ring (bicyclic) bond motifs is 2. The molecule has 0 bridgehead atoms. The zero-order chi connectivity index (χ0) is 21.5. The first-order chi connectivity index (χ1) is 15.0. The van der Waals surface area contributed by atoms with Crippen LogP contribution in [0.4, 0.5) is 11.5 Å². The highest BCUT2D eigenvalue weighted by molar-refractivity contribution is 6.04. The van der Waals surface area contributed by atoms with Gasteiger partial charge in [-0.2, -0.15) is 5.10 Å². The summed E-state index contributed by atoms with van der Waals surface area (Å²) in [6.45, 7) is 2.04. The Bertz CT molecular complexity index is 1190. The molecule has 0 radical (unpaired) electrons. The summed E-state index contributed by atoms with van der Waals surface area (Å²) in [4.78, 5) is 25.3. The predicted molar refractivity (Wildman–Crippen MR) is 112 cm³/mol. The van der Waals surface area contributed by atoms with Gasteiger partial charge < -0.3 is 24.8 Å². The quantitative estimate of drug-likeness (QED) is 0.657. The number of aromatic nitrogens is 2. The molecule has 9 heteroatoms. The van der Waals surface area contributed by atoms with Crippen LogP contribution >= 0.6 is 0 Å². The Kier molecular flexibility index (Phi) is 4.50. The number of hydrogen-bond acceptors (Lipinski definition) is 6. The van der Waals surface area contributed by atoms with Crippen molar-refractivity contribution in [1.29, 1.82) is 0 Å². The monoisotopic (exact) mass is 420 g/mol. The molecule has 2 amide bonds. The minimum atomic E-state index is -0.727. The average Bonchev–Trinajstić information content (AvgIpc) is 3.43. The molecule has 5 rings (SSSR count). The van der Waals surface area contributed by atoms with E-state index in [-0.39, 0.29) is 25.0 Å². The van der Waals surface area contributed by atoms with Crippen molar-refractivity contribution in [2.75, 3.05) is 24.5 Å². The molecule has 2 aliphatic rings. The first-order valence-electron chi connectivity index (χ1n) is 9.77. The number of nitrogens with one attached hydrogen (secondary N) is 2. The third-order valence-electron chi connectivity index (χ3n) is 5.34. The molecule has 3 heterocycles. The Morgan fingerprint density at radius 2 is 2.00 bits per heavy atom. The minimum absolute atomic E-state index is 0.0452. The van der Waals surface area contributed by atoms with Crippen LogP contribution in [0.15, 0.2) is 42.5 Å². The van der Waals surface area contributed by atoms with E-state index in [1.165, 1.54) is 0 Å². The fourth-order valence-electron chi connectivity index (χ4n) is 3.85. The van der Waals surface area contributed by atoms with Gasteiger partial charge in [-0.05, 0) is 36.8 Å². The van der Waals surface area contributed by atoms with Crippen LogP contribution in [0, 0.1) is 6.92 Å². The Labute approximate surface area is 177 Å². The minimum Gasteiger partial charge on any atom is -0.497 e. The smallest absolute Gasteiger partial charge is 0.251 e. The molecule has 2 aliphatic heterocycles. The molecule has 9 nitrogen and oxygen atoms in total. The number of nitrogens with zero attached hydrogens (tertiary/aromatic N) is 2. The molecule has 0 spiro atoms. The van der Waals surface area contributed by atoms with E-state index in [4.69, 9.17) is 14.2 Å². The highest BCUT2D eigenvalue weighted by Crippen LogP contribution is 2.39. The number of rotatable bonds is 5. The summed E-state index contributed by atoms with van der Waals surface area (Å²) in [6, 6.07) is 12.0. The van der Waals surface area contributed by atoms with Crippen molar-refractivity contribution in [3.05, 3.63) is 48.2 Å². The normalized spacial score (nSPS) is 16.1. The summed E-state index contributed by atoms with van der Waals surface area (Å²) in [5.74, 6) is 1.98. The molecule has 31 heavy (non-hydrogen) atoms. The second kappa shape index (κ2) is 7.35. The van der Waals surface area contributed by atoms with Crippen LogP contribution in [0.25, 0.3) is 11.1 Å². The van der Waals surface area contributed by atoms with E-state index in [0.29, 0.717) is 23.0 Å². The summed E-state index contributed by atoms with van der Waals surface area (Å²) in [5.41, 5.74) is 3.07. The standard InChI is InChI=1S/C22H20N4O5/c1-12-20(13-3-6-15(29-2)7-4-13)21-24-22(28)16(26(21)25-12)10-19(27)23-14-5-8-17-18(9-14)31-11-30-17/h3-9,16H,10-11H2,1-2H3,(H,23,27)(H,24,28). The molecule has 158 valence electrons. The van der Waals surface area contributed by atoms with Crippen molar-refractivity contribution in [3.8, 4) is 28.4 Å². The number of carbonyl (C=O) groups is 2. The Balaban J connectivity index is 1.36. The molecule has 0 aliphatic carbocycles. The van der Waals surface area contributed by atoms with Crippen LogP contribution in [0.1, 0.15) is 18.2 Å². The van der Waals surface area contributed by atoms with Crippen molar-refractivity contribution in [2.45, 2.75) is 19.4 Å². The number of carbonyl (C=O) groups excluding carboxylic acids is 2. The third-order valence-corrected chi connectivity index (χ3v) is 5.34. The van der Waals surface area contributed by atoms with Crippen molar-refractivity contribution < 1.29 is 23.8 Å². The van der Waals surface area contributed by atoms with Crippen molar-refractivity contribution in [3.63, 3.8) is 0 Å². The van der Waals surface area contributed by atoms with Gasteiger partial charge in [0.25, 0.3) is 5.91 Å². The van der Waals surface area contributed by atoms with Gasteiger partial charge >= 0.3 is 0 Å². The maximum absolute atomic E-state index is 12.6. The summed E-state index contributed by atoms with van der Waals surface area (Å²) >= 11 is 0. The lowest BCUT2D eigenvalue weighted by Gasteiger charge is -2.10. The van der Waals surface area contributed by atoms with Gasteiger partial charge in [0.05, 0.1) is 19.2 Å². The zero-order valence-corrected chi connectivity index (χ0v) is 17.0. The first-order valence-corrected chi connectivity index (χ1v) is 9.77. The maximum atomic E-state index is 12.6. The van der Waals surface area contributed by atoms with E-state index >= 15 is 0 Å². The van der Waals surface area contributed by atoms with E-state index in [0.717, 1.165) is 22.6 Å². The summed E-state index contributed by atoms with van der Waals surface area (Å²) < 4.78 is 17.4. The molecule has 3 aromatic rings. The van der Waals surface area contributed by atoms with Crippen molar-refractivity contribution >= 4 is 23.3 Å². The maximum Gasteiger partial charge on any atom is 0.251 e. The van der Waals surface area contributed by atoms with Gasteiger partial charge in [-0.15, -0.1) is 0 Å². The molecular weight excluding hydrogens is 400 g/mol. The van der Waals surface area contributed by atoms with E-state index in [2.05, 4.69) is 15.7 Å². The van der Waals surface area contributed by atoms with Gasteiger partial charge in [0, 0.05) is 17.3 Å². The van der Waals surface area contributed by atoms with Crippen LogP contribution in [0.2, 0.25) is 0 Å². The van der Waals surface area contributed by atoms with Crippen molar-refractivity contribution in [2.24, 2.45) is 0 Å². The van der Waals surface area contributed by atoms with Gasteiger partial charge in [0.1, 0.15) is 17.6 Å². The molecule has 2 N–H and O–H groups in total. The van der Waals surface area contributed by atoms with E-state index in [1.54, 1.807) is 30.0 Å². The topological polar surface area (TPSA) is 104 Å². The number of aryl methyl sites for hydroxylation is 1. The van der Waals surface area contributed by atoms with E-state index < -0.39 is 6.04 Å². The van der Waals surface area contributed by atoms with Crippen LogP contribution < -0.4 is 24.8 Å². The molecule has 0 fully saturated rings. The summed E-state index contributed by atoms with van der Waals surface area (Å²) in [7, 11) is 1.61. The highest BCUT2D eigenvalue weighted by atomic mass is 16.7. The number of amides is 2. The molecule has 0 saturated heterocycles. The lowest BCUT2D eigenvalue weighted by atomic mass is 10.1. The number of anilines is 2. The van der Waals surface area contributed by atoms with Gasteiger partial charge in [0.2, 0.25) is 12.7 Å². The number of hydrogen-bond donors (Lipinski definition) is 2. The van der Waals surface area contributed by atoms with E-state index in [1.807, 2.05) is 31.2 Å². The molecule has 0 saturated carbocycles. The highest BCUT2D eigenvalue weighted by Gasteiger charge is 2.36. The molecule has 1 unspecified atom stereocenters. The van der Waals surface area contributed by atoms with Crippen LogP contribution in [0.5, 0.6) is 17.2 Å². The van der Waals surface area contributed by atoms with Gasteiger partial charge in [-0.25, -0.2) is 4.68 Å². The predicted octanol–water partition coefficient (Wildman–Crippen LogP) is 3.12. The fraction of sp³-hybridized carbons (Fsp3) is 0.227. The summed E-state index contributed by atoms with van der Waals surface area (Å²) in [5, 5.41) is 10.2. The zero-order valence-electron chi connectivity index (χ0n) is 17.0. The van der Waals surface area contributed by atoms with Crippen molar-refractivity contribution in [1.82, 2.24) is 9.78 Å². The second-order valence-corrected chi connectivity index (χ2v) is 7.31. The average molecular weight is 420 g/mol. The summed E-state index contributed by atoms with van der Waals surface area (Å²) in [6.07, 6.45) is -0.0452. The van der Waals surface area contributed by atoms with Gasteiger partial charge in [-0.3, -0.25) is 9.59 Å². The third kappa shape index (κ3) is 3.33. The molecule has 2 aromatic carbocycles. The van der Waals surface area contributed by atoms with E-state index in [9.17, 15) is 9.59 Å². The molecule has 1 atom stereocenters. The van der Waals surface area contributed by atoms with Gasteiger partial charge in [0.15, 0.2) is 11.5 Å². The van der Waals surface area contributed by atoms with Gasteiger partial charge in [-0.1, -0.05) is 12.1 Å². The first kappa shape index (κ1) is 19.0. The molecule has 1 aromatic heterocycles.